The van der Waals surface area contributed by atoms with E-state index in [-0.39, 0.29) is 0 Å². The Hall–Kier alpha value is -1.43. The Labute approximate surface area is 106 Å². The highest BCUT2D eigenvalue weighted by Gasteiger charge is 2.38. The van der Waals surface area contributed by atoms with E-state index < -0.39 is 11.4 Å². The molecule has 1 atom stereocenters. The summed E-state index contributed by atoms with van der Waals surface area (Å²) in [5.74, 6) is 0.538. The fraction of sp³-hybridized carbons (Fsp3) is 0.750. The van der Waals surface area contributed by atoms with Crippen LogP contribution in [0.2, 0.25) is 0 Å². The Morgan fingerprint density at radius 1 is 1.61 bits per heavy atom. The van der Waals surface area contributed by atoms with E-state index in [9.17, 15) is 9.90 Å². The van der Waals surface area contributed by atoms with Gasteiger partial charge >= 0.3 is 5.97 Å². The van der Waals surface area contributed by atoms with Gasteiger partial charge in [-0.1, -0.05) is 12.1 Å². The van der Waals surface area contributed by atoms with Gasteiger partial charge in [-0.15, -0.1) is 0 Å². The first kappa shape index (κ1) is 13.0. The van der Waals surface area contributed by atoms with Crippen molar-refractivity contribution < 1.29 is 14.4 Å². The van der Waals surface area contributed by atoms with E-state index in [1.54, 1.807) is 6.92 Å². The fourth-order valence-corrected chi connectivity index (χ4v) is 2.34. The summed E-state index contributed by atoms with van der Waals surface area (Å²) in [6.45, 7) is 5.72. The second-order valence-corrected chi connectivity index (χ2v) is 5.14. The van der Waals surface area contributed by atoms with E-state index in [0.717, 1.165) is 25.8 Å². The molecule has 0 bridgehead atoms. The van der Waals surface area contributed by atoms with E-state index >= 15 is 0 Å². The minimum Gasteiger partial charge on any atom is -0.481 e. The van der Waals surface area contributed by atoms with Crippen molar-refractivity contribution in [3.63, 3.8) is 0 Å². The summed E-state index contributed by atoms with van der Waals surface area (Å²) in [6, 6.07) is 0. The molecule has 0 aromatic carbocycles. The molecule has 2 heterocycles. The van der Waals surface area contributed by atoms with E-state index in [2.05, 4.69) is 15.0 Å². The van der Waals surface area contributed by atoms with Crippen LogP contribution in [-0.2, 0) is 17.8 Å². The molecule has 1 fully saturated rings. The summed E-state index contributed by atoms with van der Waals surface area (Å²) in [7, 11) is 0. The van der Waals surface area contributed by atoms with Gasteiger partial charge < -0.3 is 9.63 Å². The lowest BCUT2D eigenvalue weighted by molar-refractivity contribution is -0.151. The number of aliphatic carboxylic acids is 1. The zero-order valence-corrected chi connectivity index (χ0v) is 10.8. The second-order valence-electron chi connectivity index (χ2n) is 5.14. The molecule has 0 radical (unpaired) electrons. The number of nitrogens with zero attached hydrogens (tertiary/aromatic N) is 3. The molecule has 1 unspecified atom stereocenters. The van der Waals surface area contributed by atoms with Crippen LogP contribution in [0.4, 0.5) is 0 Å². The first-order valence-corrected chi connectivity index (χ1v) is 6.31. The molecular weight excluding hydrogens is 234 g/mol. The second kappa shape index (κ2) is 5.06. The summed E-state index contributed by atoms with van der Waals surface area (Å²) in [5, 5.41) is 13.1. The number of carbonyl (C=O) groups is 1. The SMILES string of the molecule is CCc1noc(CN2CCCC(C)(C(=O)O)C2)n1. The predicted octanol–water partition coefficient (Wildman–Crippen LogP) is 1.32. The quantitative estimate of drug-likeness (QED) is 0.871. The van der Waals surface area contributed by atoms with Crippen molar-refractivity contribution >= 4 is 5.97 Å². The molecule has 6 heteroatoms. The molecular formula is C12H19N3O3. The maximum absolute atomic E-state index is 11.2. The minimum atomic E-state index is -0.730. The van der Waals surface area contributed by atoms with Crippen LogP contribution in [0.1, 0.15) is 38.4 Å². The number of hydrogen-bond acceptors (Lipinski definition) is 5. The van der Waals surface area contributed by atoms with Crippen molar-refractivity contribution in [1.82, 2.24) is 15.0 Å². The van der Waals surface area contributed by atoms with Gasteiger partial charge in [-0.25, -0.2) is 0 Å². The number of carboxylic acid groups (broad SMARTS) is 1. The first-order chi connectivity index (χ1) is 8.53. The third-order valence-electron chi connectivity index (χ3n) is 3.48. The zero-order valence-electron chi connectivity index (χ0n) is 10.8. The smallest absolute Gasteiger partial charge is 0.310 e. The van der Waals surface area contributed by atoms with E-state index in [1.165, 1.54) is 0 Å². The number of aryl methyl sites for hydroxylation is 1. The Bertz CT molecular complexity index is 432. The van der Waals surface area contributed by atoms with Crippen molar-refractivity contribution in [1.29, 1.82) is 0 Å². The molecule has 0 spiro atoms. The van der Waals surface area contributed by atoms with Crippen LogP contribution in [0, 0.1) is 5.41 Å². The minimum absolute atomic E-state index is 0.534. The molecule has 1 aromatic rings. The normalized spacial score (nSPS) is 25.2. The van der Waals surface area contributed by atoms with Gasteiger partial charge in [0, 0.05) is 13.0 Å². The molecule has 1 saturated heterocycles. The van der Waals surface area contributed by atoms with Crippen molar-refractivity contribution in [3.05, 3.63) is 11.7 Å². The molecule has 100 valence electrons. The summed E-state index contributed by atoms with van der Waals surface area (Å²) >= 11 is 0. The maximum atomic E-state index is 11.2. The van der Waals surface area contributed by atoms with E-state index in [0.29, 0.717) is 24.8 Å². The molecule has 0 amide bonds. The predicted molar refractivity (Wildman–Crippen MR) is 63.9 cm³/mol. The maximum Gasteiger partial charge on any atom is 0.310 e. The molecule has 18 heavy (non-hydrogen) atoms. The van der Waals surface area contributed by atoms with Crippen molar-refractivity contribution in [2.75, 3.05) is 13.1 Å². The van der Waals surface area contributed by atoms with Crippen LogP contribution in [0.5, 0.6) is 0 Å². The van der Waals surface area contributed by atoms with Crippen LogP contribution in [0.25, 0.3) is 0 Å². The third-order valence-corrected chi connectivity index (χ3v) is 3.48. The largest absolute Gasteiger partial charge is 0.481 e. The van der Waals surface area contributed by atoms with Gasteiger partial charge in [0.2, 0.25) is 5.89 Å². The average Bonchev–Trinajstić information content (AvgIpc) is 2.76. The zero-order chi connectivity index (χ0) is 13.2. The van der Waals surface area contributed by atoms with Crippen LogP contribution in [0.3, 0.4) is 0 Å². The standard InChI is InChI=1S/C12H19N3O3/c1-3-9-13-10(18-14-9)7-15-6-4-5-12(2,8-15)11(16)17/h3-8H2,1-2H3,(H,16,17). The van der Waals surface area contributed by atoms with Gasteiger partial charge in [-0.3, -0.25) is 9.69 Å². The van der Waals surface area contributed by atoms with Crippen LogP contribution in [-0.4, -0.2) is 39.2 Å². The topological polar surface area (TPSA) is 79.5 Å². The molecule has 0 saturated carbocycles. The van der Waals surface area contributed by atoms with E-state index in [1.807, 2.05) is 6.92 Å². The molecule has 0 aliphatic carbocycles. The monoisotopic (exact) mass is 253 g/mol. The third kappa shape index (κ3) is 2.69. The summed E-state index contributed by atoms with van der Waals surface area (Å²) in [4.78, 5) is 17.6. The number of aromatic nitrogens is 2. The first-order valence-electron chi connectivity index (χ1n) is 6.31. The molecule has 1 aliphatic heterocycles. The molecule has 1 N–H and O–H groups in total. The van der Waals surface area contributed by atoms with E-state index in [4.69, 9.17) is 4.52 Å². The number of likely N-dealkylation sites (tertiary alicyclic amines) is 1. The number of carboxylic acids is 1. The highest BCUT2D eigenvalue weighted by atomic mass is 16.5. The molecule has 1 aliphatic rings. The number of piperidine rings is 1. The fourth-order valence-electron chi connectivity index (χ4n) is 2.34. The van der Waals surface area contributed by atoms with Gasteiger partial charge in [0.15, 0.2) is 5.82 Å². The van der Waals surface area contributed by atoms with Gasteiger partial charge in [-0.2, -0.15) is 4.98 Å². The Morgan fingerprint density at radius 3 is 3.00 bits per heavy atom. The van der Waals surface area contributed by atoms with Crippen LogP contribution >= 0.6 is 0 Å². The van der Waals surface area contributed by atoms with Gasteiger partial charge in [0.05, 0.1) is 12.0 Å². The number of hydrogen-bond donors (Lipinski definition) is 1. The van der Waals surface area contributed by atoms with Gasteiger partial charge in [0.1, 0.15) is 0 Å². The highest BCUT2D eigenvalue weighted by Crippen LogP contribution is 2.30. The van der Waals surface area contributed by atoms with Crippen molar-refractivity contribution in [2.45, 2.75) is 39.7 Å². The Kier molecular flexibility index (Phi) is 3.65. The summed E-state index contributed by atoms with van der Waals surface area (Å²) < 4.78 is 5.14. The Morgan fingerprint density at radius 2 is 2.39 bits per heavy atom. The lowest BCUT2D eigenvalue weighted by Crippen LogP contribution is -2.45. The molecule has 2 rings (SSSR count). The molecule has 1 aromatic heterocycles. The number of rotatable bonds is 4. The summed E-state index contributed by atoms with van der Waals surface area (Å²) in [6.07, 6.45) is 2.36. The van der Waals surface area contributed by atoms with Crippen molar-refractivity contribution in [3.8, 4) is 0 Å². The molecule has 6 nitrogen and oxygen atoms in total. The van der Waals surface area contributed by atoms with Crippen LogP contribution in [0.15, 0.2) is 4.52 Å². The van der Waals surface area contributed by atoms with Gasteiger partial charge in [0.25, 0.3) is 0 Å². The van der Waals surface area contributed by atoms with Gasteiger partial charge in [-0.05, 0) is 26.3 Å². The average molecular weight is 253 g/mol. The highest BCUT2D eigenvalue weighted by molar-refractivity contribution is 5.74. The lowest BCUT2D eigenvalue weighted by Gasteiger charge is -2.36. The summed E-state index contributed by atoms with van der Waals surface area (Å²) in [5.41, 5.74) is -0.661. The van der Waals surface area contributed by atoms with Crippen molar-refractivity contribution in [2.24, 2.45) is 5.41 Å². The lowest BCUT2D eigenvalue weighted by atomic mass is 9.82. The van der Waals surface area contributed by atoms with Crippen LogP contribution < -0.4 is 0 Å². The Balaban J connectivity index is 1.99.